The summed E-state index contributed by atoms with van der Waals surface area (Å²) in [5.74, 6) is 0. The molecule has 1 aromatic rings. The fourth-order valence-corrected chi connectivity index (χ4v) is 2.44. The van der Waals surface area contributed by atoms with Crippen LogP contribution in [0.2, 0.25) is 18.1 Å². The summed E-state index contributed by atoms with van der Waals surface area (Å²) in [4.78, 5) is 0. The fraction of sp³-hybridized carbons (Fsp3) is 0.625. The van der Waals surface area contributed by atoms with Gasteiger partial charge in [0, 0.05) is 9.35 Å². The summed E-state index contributed by atoms with van der Waals surface area (Å²) in [5, 5.41) is 0.199. The highest BCUT2D eigenvalue weighted by molar-refractivity contribution is 6.74. The molecule has 0 saturated carbocycles. The molecule has 0 aliphatic carbocycles. The summed E-state index contributed by atoms with van der Waals surface area (Å²) in [6.45, 7) is 11.7. The zero-order chi connectivity index (χ0) is 15.4. The van der Waals surface area contributed by atoms with Gasteiger partial charge in [0.1, 0.15) is 0 Å². The molecule has 0 N–H and O–H groups in total. The van der Waals surface area contributed by atoms with Crippen LogP contribution in [-0.4, -0.2) is 14.9 Å². The highest BCUT2D eigenvalue weighted by Gasteiger charge is 2.36. The standard InChI is InChI=1S/C16H28OSi/c1-16(2,3)18(4,5)17-14-10-9-13-15-11-7-6-8-12-15/h6-8,11-12H,9-10,13-14H2,1-5H3/i9D,13D/t9-,13-/m0/s1. The molecule has 0 radical (unpaired) electrons. The Hall–Kier alpha value is -0.603. The Morgan fingerprint density at radius 2 is 1.78 bits per heavy atom. The van der Waals surface area contributed by atoms with Crippen molar-refractivity contribution >= 4 is 8.32 Å². The molecule has 0 fully saturated rings. The molecule has 0 heterocycles. The molecule has 1 aromatic carbocycles. The first-order chi connectivity index (χ1) is 9.15. The third-order valence-corrected chi connectivity index (χ3v) is 8.20. The minimum Gasteiger partial charge on any atom is -0.417 e. The molecule has 1 nitrogen and oxygen atoms in total. The van der Waals surface area contributed by atoms with E-state index in [2.05, 4.69) is 33.9 Å². The summed E-state index contributed by atoms with van der Waals surface area (Å²) in [6, 6.07) is 9.64. The minimum atomic E-state index is -1.73. The van der Waals surface area contributed by atoms with Crippen molar-refractivity contribution in [3.8, 4) is 0 Å². The van der Waals surface area contributed by atoms with Crippen molar-refractivity contribution in [3.63, 3.8) is 0 Å². The Balaban J connectivity index is 2.46. The van der Waals surface area contributed by atoms with Gasteiger partial charge in [0.2, 0.25) is 0 Å². The van der Waals surface area contributed by atoms with E-state index in [0.717, 1.165) is 5.56 Å². The summed E-state index contributed by atoms with van der Waals surface area (Å²) in [5.41, 5.74) is 0.917. The van der Waals surface area contributed by atoms with Crippen molar-refractivity contribution in [2.75, 3.05) is 6.61 Å². The lowest BCUT2D eigenvalue weighted by atomic mass is 10.1. The highest BCUT2D eigenvalue weighted by Crippen LogP contribution is 2.36. The topological polar surface area (TPSA) is 9.23 Å². The van der Waals surface area contributed by atoms with Crippen LogP contribution < -0.4 is 0 Å². The Morgan fingerprint density at radius 1 is 1.17 bits per heavy atom. The van der Waals surface area contributed by atoms with Crippen LogP contribution in [0.1, 0.15) is 41.9 Å². The van der Waals surface area contributed by atoms with Gasteiger partial charge in [0.25, 0.3) is 0 Å². The van der Waals surface area contributed by atoms with Gasteiger partial charge in [-0.15, -0.1) is 0 Å². The van der Waals surface area contributed by atoms with Crippen LogP contribution in [0.4, 0.5) is 0 Å². The maximum atomic E-state index is 8.14. The van der Waals surface area contributed by atoms with Crippen LogP contribution in [0.25, 0.3) is 0 Å². The quantitative estimate of drug-likeness (QED) is 0.656. The van der Waals surface area contributed by atoms with Crippen molar-refractivity contribution in [3.05, 3.63) is 35.9 Å². The van der Waals surface area contributed by atoms with E-state index in [9.17, 15) is 0 Å². The van der Waals surface area contributed by atoms with Crippen molar-refractivity contribution in [2.24, 2.45) is 0 Å². The van der Waals surface area contributed by atoms with Gasteiger partial charge in [-0.3, -0.25) is 0 Å². The second-order valence-electron chi connectivity index (χ2n) is 6.21. The monoisotopic (exact) mass is 266 g/mol. The van der Waals surface area contributed by atoms with Crippen LogP contribution in [0, 0.1) is 0 Å². The van der Waals surface area contributed by atoms with Crippen LogP contribution in [0.15, 0.2) is 30.3 Å². The number of aryl methyl sites for hydroxylation is 1. The first kappa shape index (κ1) is 12.4. The normalized spacial score (nSPS) is 17.8. The molecule has 102 valence electrons. The van der Waals surface area contributed by atoms with Gasteiger partial charge < -0.3 is 4.43 Å². The lowest BCUT2D eigenvalue weighted by Crippen LogP contribution is -2.40. The van der Waals surface area contributed by atoms with Crippen LogP contribution >= 0.6 is 0 Å². The average molecular weight is 266 g/mol. The van der Waals surface area contributed by atoms with Gasteiger partial charge in [-0.2, -0.15) is 0 Å². The second-order valence-corrected chi connectivity index (χ2v) is 11.0. The van der Waals surface area contributed by atoms with E-state index in [0.29, 0.717) is 13.0 Å². The largest absolute Gasteiger partial charge is 0.417 e. The van der Waals surface area contributed by atoms with E-state index in [4.69, 9.17) is 7.17 Å². The molecular weight excluding hydrogens is 236 g/mol. The Bertz CT molecular complexity index is 401. The molecule has 0 aliphatic heterocycles. The van der Waals surface area contributed by atoms with E-state index in [1.54, 1.807) is 0 Å². The number of rotatable bonds is 6. The molecule has 1 rings (SSSR count). The molecule has 0 amide bonds. The van der Waals surface area contributed by atoms with Crippen LogP contribution in [0.5, 0.6) is 0 Å². The molecule has 0 spiro atoms. The second kappa shape index (κ2) is 6.53. The first-order valence-electron chi connectivity index (χ1n) is 7.84. The minimum absolute atomic E-state index is 0.199. The predicted molar refractivity (Wildman–Crippen MR) is 82.5 cm³/mol. The number of hydrogen-bond donors (Lipinski definition) is 0. The lowest BCUT2D eigenvalue weighted by molar-refractivity contribution is 0.279. The predicted octanol–water partition coefficient (Wildman–Crippen LogP) is 5.03. The molecule has 0 unspecified atom stereocenters. The maximum absolute atomic E-state index is 8.14. The van der Waals surface area contributed by atoms with Crippen molar-refractivity contribution in [1.82, 2.24) is 0 Å². The zero-order valence-corrected chi connectivity index (χ0v) is 13.4. The van der Waals surface area contributed by atoms with E-state index in [1.807, 2.05) is 30.3 Å². The van der Waals surface area contributed by atoms with Gasteiger partial charge in [0.05, 0.1) is 0 Å². The van der Waals surface area contributed by atoms with E-state index in [1.165, 1.54) is 0 Å². The lowest BCUT2D eigenvalue weighted by Gasteiger charge is -2.36. The van der Waals surface area contributed by atoms with E-state index < -0.39 is 21.1 Å². The average Bonchev–Trinajstić information content (AvgIpc) is 2.37. The smallest absolute Gasteiger partial charge is 0.191 e. The molecule has 2 atom stereocenters. The van der Waals surface area contributed by atoms with Crippen LogP contribution in [-0.2, 0) is 10.8 Å². The Morgan fingerprint density at radius 3 is 2.33 bits per heavy atom. The number of benzene rings is 1. The van der Waals surface area contributed by atoms with Crippen LogP contribution in [0.3, 0.4) is 0 Å². The Labute approximate surface area is 117 Å². The highest BCUT2D eigenvalue weighted by atomic mass is 28.4. The van der Waals surface area contributed by atoms with Crippen molar-refractivity contribution in [2.45, 2.75) is 58.1 Å². The molecule has 18 heavy (non-hydrogen) atoms. The molecule has 0 saturated heterocycles. The third-order valence-electron chi connectivity index (χ3n) is 3.66. The molecule has 0 aliphatic rings. The number of hydrogen-bond acceptors (Lipinski definition) is 1. The Kier molecular flexibility index (Phi) is 4.51. The van der Waals surface area contributed by atoms with Gasteiger partial charge >= 0.3 is 0 Å². The molecule has 2 heteroatoms. The third kappa shape index (κ3) is 4.95. The van der Waals surface area contributed by atoms with Gasteiger partial charge in [-0.05, 0) is 42.9 Å². The van der Waals surface area contributed by atoms with E-state index in [-0.39, 0.29) is 5.04 Å². The molecule has 0 bridgehead atoms. The van der Waals surface area contributed by atoms with Gasteiger partial charge in [-0.25, -0.2) is 0 Å². The summed E-state index contributed by atoms with van der Waals surface area (Å²) in [6.07, 6.45) is -0.295. The summed E-state index contributed by atoms with van der Waals surface area (Å²) < 4.78 is 22.4. The summed E-state index contributed by atoms with van der Waals surface area (Å²) >= 11 is 0. The maximum Gasteiger partial charge on any atom is 0.191 e. The fourth-order valence-electron chi connectivity index (χ4n) is 1.38. The molecular formula is C16H28OSi. The SMILES string of the molecule is [2H][C@H](c1ccccc1)[C@@H]([2H])CCO[Si](C)(C)C(C)(C)C. The van der Waals surface area contributed by atoms with Crippen molar-refractivity contribution < 1.29 is 7.17 Å². The molecule has 0 aromatic heterocycles. The van der Waals surface area contributed by atoms with Gasteiger partial charge in [0.15, 0.2) is 8.32 Å². The van der Waals surface area contributed by atoms with Crippen molar-refractivity contribution in [1.29, 1.82) is 0 Å². The first-order valence-corrected chi connectivity index (χ1v) is 9.59. The zero-order valence-electron chi connectivity index (χ0n) is 14.4. The van der Waals surface area contributed by atoms with Gasteiger partial charge in [-0.1, -0.05) is 51.1 Å². The summed E-state index contributed by atoms with van der Waals surface area (Å²) in [7, 11) is -1.73. The van der Waals surface area contributed by atoms with E-state index >= 15 is 0 Å².